The third-order valence-corrected chi connectivity index (χ3v) is 11.5. The molecule has 296 valence electrons. The smallest absolute Gasteiger partial charge is 0.326 e. The topological polar surface area (TPSA) is 113 Å². The van der Waals surface area contributed by atoms with Gasteiger partial charge in [0.05, 0.1) is 11.9 Å². The molecule has 2 fully saturated rings. The number of methoxy groups -OCH3 is 1. The number of rotatable bonds is 13. The fraction of sp³-hybridized carbons (Fsp3) is 0.674. The minimum atomic E-state index is -3.36. The maximum Gasteiger partial charge on any atom is 0.326 e. The molecule has 1 aliphatic heterocycles. The van der Waals surface area contributed by atoms with E-state index < -0.39 is 27.8 Å². The summed E-state index contributed by atoms with van der Waals surface area (Å²) in [4.78, 5) is 27.5. The largest absolute Gasteiger partial charge is 0.480 e. The zero-order valence-electron chi connectivity index (χ0n) is 34.2. The van der Waals surface area contributed by atoms with E-state index in [4.69, 9.17) is 4.74 Å². The number of likely N-dealkylation sites (tertiary alicyclic amines) is 1. The standard InChI is InChI=1S/C28H38N2O5S.C7H14O.C6H14.C2H6/c1-5-21-11-10-20(3)30(17-21)18-22-12-13-24(25(16-22)23-9-7-6-8-19(23)2)27(31)29-26(28(32)33)14-15-36(4,34)35;1-8-7-5-3-2-4-6-7;1-4-6(3)5-2;1-2/h6-9,12-13,16,20-21,26H,5,10-11,14-15,17-18H2,1-4H3,(H,29,31)(H,32,33);7H,2-6H2,1H3;6H,4-5H2,1-3H3;1-2H3. The number of hydrogen-bond acceptors (Lipinski definition) is 6. The quantitative estimate of drug-likeness (QED) is 0.210. The van der Waals surface area contributed by atoms with Crippen molar-refractivity contribution >= 4 is 21.7 Å². The van der Waals surface area contributed by atoms with Gasteiger partial charge in [0, 0.05) is 38.1 Å². The van der Waals surface area contributed by atoms with Crippen LogP contribution in [0.1, 0.15) is 141 Å². The van der Waals surface area contributed by atoms with E-state index in [2.05, 4.69) is 44.8 Å². The fourth-order valence-corrected chi connectivity index (χ4v) is 7.11. The summed E-state index contributed by atoms with van der Waals surface area (Å²) in [6, 6.07) is 12.7. The molecule has 2 aromatic rings. The SMILES string of the molecule is CC.CCC(C)CC.CCC1CCC(C)N(Cc2ccc(C(=O)NC(CCS(C)(=O)=O)C(=O)O)c(-c3ccccc3C)c2)C1.COC1CCCCC1. The normalized spacial score (nSPS) is 18.4. The Morgan fingerprint density at radius 2 is 1.60 bits per heavy atom. The molecule has 3 atom stereocenters. The van der Waals surface area contributed by atoms with Crippen molar-refractivity contribution in [2.75, 3.05) is 25.7 Å². The number of hydrogen-bond donors (Lipinski definition) is 2. The molecular formula is C43H72N2O6S. The Hall–Kier alpha value is -2.75. The summed E-state index contributed by atoms with van der Waals surface area (Å²) in [5.41, 5.74) is 4.13. The van der Waals surface area contributed by atoms with Crippen molar-refractivity contribution in [2.24, 2.45) is 11.8 Å². The van der Waals surface area contributed by atoms with Crippen molar-refractivity contribution in [3.8, 4) is 11.1 Å². The van der Waals surface area contributed by atoms with Crippen LogP contribution in [0.5, 0.6) is 0 Å². The molecule has 3 unspecified atom stereocenters. The van der Waals surface area contributed by atoms with Crippen molar-refractivity contribution in [2.45, 2.75) is 151 Å². The second kappa shape index (κ2) is 25.3. The number of nitrogens with one attached hydrogen (secondary N) is 1. The van der Waals surface area contributed by atoms with Crippen molar-refractivity contribution in [1.29, 1.82) is 0 Å². The van der Waals surface area contributed by atoms with E-state index in [1.807, 2.05) is 64.3 Å². The average Bonchev–Trinajstić information content (AvgIpc) is 3.15. The summed E-state index contributed by atoms with van der Waals surface area (Å²) >= 11 is 0. The number of ether oxygens (including phenoxy) is 1. The first-order valence-electron chi connectivity index (χ1n) is 19.9. The number of carboxylic acid groups (broad SMARTS) is 1. The van der Waals surface area contributed by atoms with Gasteiger partial charge < -0.3 is 15.2 Å². The monoisotopic (exact) mass is 745 g/mol. The number of carbonyl (C=O) groups excluding carboxylic acids is 1. The number of benzene rings is 2. The molecule has 1 saturated carbocycles. The maximum atomic E-state index is 13.3. The number of sulfone groups is 1. The lowest BCUT2D eigenvalue weighted by Gasteiger charge is -2.38. The van der Waals surface area contributed by atoms with Crippen molar-refractivity contribution in [1.82, 2.24) is 10.2 Å². The van der Waals surface area contributed by atoms with Crippen LogP contribution in [0.3, 0.4) is 0 Å². The highest BCUT2D eigenvalue weighted by molar-refractivity contribution is 7.90. The van der Waals surface area contributed by atoms with Gasteiger partial charge in [-0.05, 0) is 92.2 Å². The molecule has 1 heterocycles. The highest BCUT2D eigenvalue weighted by Crippen LogP contribution is 2.31. The predicted octanol–water partition coefficient (Wildman–Crippen LogP) is 9.72. The van der Waals surface area contributed by atoms with Crippen LogP contribution < -0.4 is 5.32 Å². The van der Waals surface area contributed by atoms with Gasteiger partial charge in [-0.1, -0.05) is 110 Å². The van der Waals surface area contributed by atoms with E-state index >= 15 is 0 Å². The Bertz CT molecular complexity index is 1420. The van der Waals surface area contributed by atoms with Crippen molar-refractivity contribution in [3.05, 3.63) is 59.2 Å². The van der Waals surface area contributed by atoms with Gasteiger partial charge in [0.25, 0.3) is 5.91 Å². The number of carboxylic acids is 1. The maximum absolute atomic E-state index is 13.3. The van der Waals surface area contributed by atoms with Crippen LogP contribution >= 0.6 is 0 Å². The molecule has 1 amide bonds. The zero-order chi connectivity index (χ0) is 39.3. The average molecular weight is 745 g/mol. The molecule has 8 nitrogen and oxygen atoms in total. The van der Waals surface area contributed by atoms with E-state index in [0.29, 0.717) is 23.6 Å². The Labute approximate surface area is 317 Å². The molecule has 0 radical (unpaired) electrons. The van der Waals surface area contributed by atoms with E-state index in [9.17, 15) is 23.1 Å². The van der Waals surface area contributed by atoms with E-state index in [1.165, 1.54) is 64.2 Å². The lowest BCUT2D eigenvalue weighted by molar-refractivity contribution is -0.139. The minimum absolute atomic E-state index is 0.191. The minimum Gasteiger partial charge on any atom is -0.480 e. The van der Waals surface area contributed by atoms with Crippen LogP contribution in [0.15, 0.2) is 42.5 Å². The fourth-order valence-electron chi connectivity index (χ4n) is 6.45. The number of piperidine rings is 1. The van der Waals surface area contributed by atoms with Gasteiger partial charge in [0.2, 0.25) is 0 Å². The summed E-state index contributed by atoms with van der Waals surface area (Å²) < 4.78 is 28.3. The van der Waals surface area contributed by atoms with Gasteiger partial charge in [-0.25, -0.2) is 13.2 Å². The molecule has 4 rings (SSSR count). The molecule has 0 spiro atoms. The summed E-state index contributed by atoms with van der Waals surface area (Å²) in [6.07, 6.45) is 14.4. The number of carbonyl (C=O) groups is 2. The number of amides is 1. The Kier molecular flexibility index (Phi) is 23.0. The van der Waals surface area contributed by atoms with Crippen LogP contribution in [0.4, 0.5) is 0 Å². The zero-order valence-corrected chi connectivity index (χ0v) is 35.0. The second-order valence-electron chi connectivity index (χ2n) is 14.5. The first-order valence-corrected chi connectivity index (χ1v) is 22.0. The number of aliphatic carboxylic acids is 1. The Morgan fingerprint density at radius 3 is 2.10 bits per heavy atom. The van der Waals surface area contributed by atoms with Gasteiger partial charge in [0.1, 0.15) is 15.9 Å². The Balaban J connectivity index is 0.000000698. The first kappa shape index (κ1) is 47.3. The van der Waals surface area contributed by atoms with Gasteiger partial charge in [-0.3, -0.25) is 9.69 Å². The molecule has 52 heavy (non-hydrogen) atoms. The molecule has 0 bridgehead atoms. The van der Waals surface area contributed by atoms with E-state index in [0.717, 1.165) is 47.5 Å². The lowest BCUT2D eigenvalue weighted by atomic mass is 9.90. The molecule has 2 N–H and O–H groups in total. The van der Waals surface area contributed by atoms with Crippen LogP contribution in [-0.4, -0.2) is 74.2 Å². The van der Waals surface area contributed by atoms with E-state index in [1.54, 1.807) is 6.07 Å². The molecule has 0 aromatic heterocycles. The van der Waals surface area contributed by atoms with Crippen LogP contribution in [0.25, 0.3) is 11.1 Å². The van der Waals surface area contributed by atoms with Crippen molar-refractivity contribution in [3.63, 3.8) is 0 Å². The number of nitrogens with zero attached hydrogens (tertiary/aromatic N) is 1. The van der Waals surface area contributed by atoms with Crippen LogP contribution in [0, 0.1) is 18.8 Å². The molecule has 1 aliphatic carbocycles. The molecule has 2 aliphatic rings. The van der Waals surface area contributed by atoms with Gasteiger partial charge in [-0.2, -0.15) is 0 Å². The van der Waals surface area contributed by atoms with E-state index in [-0.39, 0.29) is 12.2 Å². The Morgan fingerprint density at radius 1 is 0.962 bits per heavy atom. The second-order valence-corrected chi connectivity index (χ2v) is 16.8. The van der Waals surface area contributed by atoms with Gasteiger partial charge in [-0.15, -0.1) is 0 Å². The van der Waals surface area contributed by atoms with Crippen LogP contribution in [-0.2, 0) is 25.9 Å². The first-order chi connectivity index (χ1) is 24.7. The van der Waals surface area contributed by atoms with Gasteiger partial charge >= 0.3 is 5.97 Å². The highest BCUT2D eigenvalue weighted by atomic mass is 32.2. The highest BCUT2D eigenvalue weighted by Gasteiger charge is 2.27. The number of aryl methyl sites for hydroxylation is 1. The predicted molar refractivity (Wildman–Crippen MR) is 218 cm³/mol. The van der Waals surface area contributed by atoms with Crippen molar-refractivity contribution < 1.29 is 27.9 Å². The summed E-state index contributed by atoms with van der Waals surface area (Å²) in [7, 11) is -1.54. The summed E-state index contributed by atoms with van der Waals surface area (Å²) in [5, 5.41) is 12.1. The molecule has 2 aromatic carbocycles. The lowest BCUT2D eigenvalue weighted by Crippen LogP contribution is -2.42. The summed E-state index contributed by atoms with van der Waals surface area (Å²) in [6.45, 7) is 19.1. The third kappa shape index (κ3) is 17.4. The third-order valence-electron chi connectivity index (χ3n) is 10.5. The molecular weight excluding hydrogens is 673 g/mol. The van der Waals surface area contributed by atoms with Crippen LogP contribution in [0.2, 0.25) is 0 Å². The summed E-state index contributed by atoms with van der Waals surface area (Å²) in [5.74, 6) is -0.476. The molecule has 1 saturated heterocycles. The van der Waals surface area contributed by atoms with Gasteiger partial charge in [0.15, 0.2) is 0 Å². The molecule has 9 heteroatoms.